The molecule has 0 atom stereocenters. The van der Waals surface area contributed by atoms with Crippen molar-refractivity contribution in [3.63, 3.8) is 0 Å². The Morgan fingerprint density at radius 1 is 1.29 bits per heavy atom. The van der Waals surface area contributed by atoms with Crippen LogP contribution in [0.15, 0.2) is 18.2 Å². The zero-order valence-electron chi connectivity index (χ0n) is 14.1. The van der Waals surface area contributed by atoms with Gasteiger partial charge in [0.2, 0.25) is 15.9 Å². The fourth-order valence-corrected chi connectivity index (χ4v) is 4.19. The molecule has 7 nitrogen and oxygen atoms in total. The number of rotatable bonds is 3. The molecule has 3 rings (SSSR count). The third-order valence-electron chi connectivity index (χ3n) is 4.74. The first kappa shape index (κ1) is 17.3. The predicted octanol–water partition coefficient (Wildman–Crippen LogP) is 0.543. The van der Waals surface area contributed by atoms with E-state index in [0.717, 1.165) is 11.4 Å². The summed E-state index contributed by atoms with van der Waals surface area (Å²) in [6.45, 7) is 3.78. The van der Waals surface area contributed by atoms with Gasteiger partial charge in [-0.1, -0.05) is 6.07 Å². The largest absolute Gasteiger partial charge is 0.363 e. The molecule has 0 N–H and O–H groups in total. The number of aromatic nitrogens is 1. The van der Waals surface area contributed by atoms with Gasteiger partial charge in [0.25, 0.3) is 0 Å². The number of nitrogens with zero attached hydrogens (tertiary/aromatic N) is 3. The number of pyridine rings is 1. The maximum absolute atomic E-state index is 12.2. The van der Waals surface area contributed by atoms with Crippen molar-refractivity contribution in [2.24, 2.45) is 0 Å². The second-order valence-electron chi connectivity index (χ2n) is 6.65. The minimum absolute atomic E-state index is 0.0463. The number of amides is 1. The average Bonchev–Trinajstić information content (AvgIpc) is 2.51. The second-order valence-corrected chi connectivity index (χ2v) is 8.64. The van der Waals surface area contributed by atoms with Crippen LogP contribution < -0.4 is 0 Å². The van der Waals surface area contributed by atoms with E-state index >= 15 is 0 Å². The monoisotopic (exact) mass is 353 g/mol. The Morgan fingerprint density at radius 3 is 2.62 bits per heavy atom. The van der Waals surface area contributed by atoms with Crippen LogP contribution in [0.1, 0.15) is 24.2 Å². The molecule has 3 heterocycles. The van der Waals surface area contributed by atoms with Gasteiger partial charge in [0.1, 0.15) is 6.61 Å². The van der Waals surface area contributed by atoms with Crippen LogP contribution in [0.3, 0.4) is 0 Å². The van der Waals surface area contributed by atoms with Gasteiger partial charge in [-0.25, -0.2) is 12.7 Å². The van der Waals surface area contributed by atoms with Crippen LogP contribution in [0, 0.1) is 6.92 Å². The van der Waals surface area contributed by atoms with Gasteiger partial charge in [-0.3, -0.25) is 9.78 Å². The molecule has 0 unspecified atom stereocenters. The lowest BCUT2D eigenvalue weighted by atomic mass is 9.90. The minimum atomic E-state index is -3.17. The normalized spacial score (nSPS) is 22.1. The van der Waals surface area contributed by atoms with Crippen molar-refractivity contribution in [2.45, 2.75) is 31.9 Å². The van der Waals surface area contributed by atoms with Crippen LogP contribution >= 0.6 is 0 Å². The number of morpholine rings is 1. The van der Waals surface area contributed by atoms with Crippen molar-refractivity contribution in [3.8, 4) is 0 Å². The smallest absolute Gasteiger partial charge is 0.249 e. The van der Waals surface area contributed by atoms with Crippen molar-refractivity contribution < 1.29 is 17.9 Å². The van der Waals surface area contributed by atoms with Gasteiger partial charge in [-0.05, 0) is 31.9 Å². The van der Waals surface area contributed by atoms with Crippen LogP contribution in [-0.4, -0.2) is 66.6 Å². The summed E-state index contributed by atoms with van der Waals surface area (Å²) in [7, 11) is -3.17. The van der Waals surface area contributed by atoms with Gasteiger partial charge in [0, 0.05) is 18.8 Å². The Labute approximate surface area is 142 Å². The zero-order chi connectivity index (χ0) is 17.4. The molecule has 24 heavy (non-hydrogen) atoms. The fourth-order valence-electron chi connectivity index (χ4n) is 3.34. The van der Waals surface area contributed by atoms with E-state index in [1.54, 1.807) is 4.90 Å². The van der Waals surface area contributed by atoms with E-state index in [1.807, 2.05) is 25.1 Å². The summed E-state index contributed by atoms with van der Waals surface area (Å²) in [4.78, 5) is 18.4. The van der Waals surface area contributed by atoms with Crippen LogP contribution in [0.4, 0.5) is 0 Å². The molecule has 2 aliphatic heterocycles. The van der Waals surface area contributed by atoms with Gasteiger partial charge in [-0.2, -0.15) is 0 Å². The van der Waals surface area contributed by atoms with Crippen LogP contribution in [-0.2, 0) is 26.1 Å². The first-order valence-electron chi connectivity index (χ1n) is 8.07. The van der Waals surface area contributed by atoms with E-state index < -0.39 is 15.6 Å². The zero-order valence-corrected chi connectivity index (χ0v) is 14.9. The molecule has 1 aromatic rings. The van der Waals surface area contributed by atoms with Crippen molar-refractivity contribution in [2.75, 3.05) is 32.5 Å². The molecule has 132 valence electrons. The molecule has 2 fully saturated rings. The van der Waals surface area contributed by atoms with Gasteiger partial charge >= 0.3 is 0 Å². The highest BCUT2D eigenvalue weighted by molar-refractivity contribution is 7.88. The minimum Gasteiger partial charge on any atom is -0.363 e. The van der Waals surface area contributed by atoms with Crippen LogP contribution in [0.25, 0.3) is 0 Å². The molecule has 0 saturated carbocycles. The quantitative estimate of drug-likeness (QED) is 0.792. The first-order valence-corrected chi connectivity index (χ1v) is 9.92. The number of hydrogen-bond donors (Lipinski definition) is 0. The van der Waals surface area contributed by atoms with E-state index in [2.05, 4.69) is 4.98 Å². The lowest BCUT2D eigenvalue weighted by Gasteiger charge is -2.46. The molecular formula is C16H23N3O4S. The van der Waals surface area contributed by atoms with Crippen LogP contribution in [0.2, 0.25) is 0 Å². The molecule has 8 heteroatoms. The van der Waals surface area contributed by atoms with Gasteiger partial charge in [0.15, 0.2) is 0 Å². The molecule has 0 aliphatic carbocycles. The number of sulfonamides is 1. The molecule has 0 aromatic carbocycles. The number of hydrogen-bond acceptors (Lipinski definition) is 5. The fraction of sp³-hybridized carbons (Fsp3) is 0.625. The molecule has 1 aromatic heterocycles. The van der Waals surface area contributed by atoms with Crippen molar-refractivity contribution in [3.05, 3.63) is 29.6 Å². The Balaban J connectivity index is 1.69. The Morgan fingerprint density at radius 2 is 2.00 bits per heavy atom. The lowest BCUT2D eigenvalue weighted by molar-refractivity contribution is -0.170. The van der Waals surface area contributed by atoms with E-state index in [9.17, 15) is 13.2 Å². The van der Waals surface area contributed by atoms with Crippen LogP contribution in [0.5, 0.6) is 0 Å². The molecule has 1 spiro atoms. The lowest BCUT2D eigenvalue weighted by Crippen LogP contribution is -2.58. The number of carbonyl (C=O) groups excluding carboxylic acids is 1. The van der Waals surface area contributed by atoms with Gasteiger partial charge in [0.05, 0.1) is 30.6 Å². The summed E-state index contributed by atoms with van der Waals surface area (Å²) in [5.41, 5.74) is 1.33. The molecule has 0 radical (unpaired) electrons. The van der Waals surface area contributed by atoms with Crippen molar-refractivity contribution in [1.29, 1.82) is 0 Å². The summed E-state index contributed by atoms with van der Waals surface area (Å²) in [5.74, 6) is -0.0468. The van der Waals surface area contributed by atoms with Gasteiger partial charge in [-0.15, -0.1) is 0 Å². The average molecular weight is 353 g/mol. The summed E-state index contributed by atoms with van der Waals surface area (Å²) in [6, 6.07) is 5.77. The summed E-state index contributed by atoms with van der Waals surface area (Å²) >= 11 is 0. The molecule has 1 amide bonds. The Bertz CT molecular complexity index is 727. The third kappa shape index (κ3) is 3.76. The number of carbonyl (C=O) groups is 1. The molecular weight excluding hydrogens is 330 g/mol. The highest BCUT2D eigenvalue weighted by atomic mass is 32.2. The highest BCUT2D eigenvalue weighted by Crippen LogP contribution is 2.31. The van der Waals surface area contributed by atoms with E-state index in [0.29, 0.717) is 39.0 Å². The summed E-state index contributed by atoms with van der Waals surface area (Å²) < 4.78 is 30.6. The second kappa shape index (κ2) is 6.42. The summed E-state index contributed by atoms with van der Waals surface area (Å²) in [6.07, 6.45) is 2.43. The topological polar surface area (TPSA) is 79.8 Å². The standard InChI is InChI=1S/C16H23N3O4S/c1-13-4-3-5-14(17-13)10-18-12-16(23-11-15(18)20)6-8-19(9-7-16)24(2,21)22/h3-5H,6-12H2,1-2H3. The SMILES string of the molecule is Cc1cccc(CN2CC3(CCN(S(C)(=O)=O)CC3)OCC2=O)n1. The van der Waals surface area contributed by atoms with Crippen molar-refractivity contribution in [1.82, 2.24) is 14.2 Å². The highest BCUT2D eigenvalue weighted by Gasteiger charge is 2.43. The van der Waals surface area contributed by atoms with E-state index in [4.69, 9.17) is 4.74 Å². The maximum Gasteiger partial charge on any atom is 0.249 e. The number of aryl methyl sites for hydroxylation is 1. The first-order chi connectivity index (χ1) is 11.3. The molecule has 2 saturated heterocycles. The Hall–Kier alpha value is -1.51. The predicted molar refractivity (Wildman–Crippen MR) is 88.7 cm³/mol. The maximum atomic E-state index is 12.2. The van der Waals surface area contributed by atoms with Crippen molar-refractivity contribution >= 4 is 15.9 Å². The molecule has 2 aliphatic rings. The molecule has 0 bridgehead atoms. The number of piperidine rings is 1. The Kier molecular flexibility index (Phi) is 4.63. The van der Waals surface area contributed by atoms with E-state index in [-0.39, 0.29) is 12.5 Å². The number of ether oxygens (including phenoxy) is 1. The summed E-state index contributed by atoms with van der Waals surface area (Å²) in [5, 5.41) is 0. The van der Waals surface area contributed by atoms with E-state index in [1.165, 1.54) is 10.6 Å². The van der Waals surface area contributed by atoms with Gasteiger partial charge < -0.3 is 9.64 Å². The third-order valence-corrected chi connectivity index (χ3v) is 6.04.